The number of amides is 1. The van der Waals surface area contributed by atoms with Crippen LogP contribution in [0.4, 0.5) is 5.69 Å². The van der Waals surface area contributed by atoms with E-state index >= 15 is 0 Å². The zero-order valence-electron chi connectivity index (χ0n) is 11.7. The van der Waals surface area contributed by atoms with Gasteiger partial charge in [-0.2, -0.15) is 0 Å². The lowest BCUT2D eigenvalue weighted by Gasteiger charge is -2.11. The molecule has 1 aliphatic carbocycles. The molecular weight excluding hydrogens is 258 g/mol. The highest BCUT2D eigenvalue weighted by atomic mass is 16.5. The molecule has 1 aromatic carbocycles. The van der Waals surface area contributed by atoms with Crippen molar-refractivity contribution in [1.29, 1.82) is 0 Å². The number of carbonyl (C=O) groups excluding carboxylic acids is 1. The number of carboxylic acids is 1. The summed E-state index contributed by atoms with van der Waals surface area (Å²) in [5.74, 6) is -0.639. The number of aromatic carboxylic acids is 1. The molecule has 0 unspecified atom stereocenters. The van der Waals surface area contributed by atoms with Crippen LogP contribution in [0.2, 0.25) is 0 Å². The maximum atomic E-state index is 11.7. The Hall–Kier alpha value is -1.88. The van der Waals surface area contributed by atoms with Crippen LogP contribution in [0.1, 0.15) is 34.3 Å². The van der Waals surface area contributed by atoms with Crippen LogP contribution < -0.4 is 5.32 Å². The minimum Gasteiger partial charge on any atom is -0.478 e. The van der Waals surface area contributed by atoms with Crippen LogP contribution in [-0.2, 0) is 9.53 Å². The molecule has 20 heavy (non-hydrogen) atoms. The number of aryl methyl sites for hydroxylation is 2. The Morgan fingerprint density at radius 2 is 2.00 bits per heavy atom. The van der Waals surface area contributed by atoms with Crippen molar-refractivity contribution in [3.8, 4) is 0 Å². The minimum absolute atomic E-state index is 0.00617. The zero-order chi connectivity index (χ0) is 14.7. The normalized spacial score (nSPS) is 14.1. The van der Waals surface area contributed by atoms with E-state index in [4.69, 9.17) is 9.84 Å². The Bertz CT molecular complexity index is 535. The van der Waals surface area contributed by atoms with E-state index in [0.29, 0.717) is 23.8 Å². The third-order valence-electron chi connectivity index (χ3n) is 3.36. The van der Waals surface area contributed by atoms with Gasteiger partial charge in [0.15, 0.2) is 0 Å². The molecule has 5 heteroatoms. The third kappa shape index (κ3) is 3.81. The Morgan fingerprint density at radius 1 is 1.30 bits per heavy atom. The Kier molecular flexibility index (Phi) is 4.39. The summed E-state index contributed by atoms with van der Waals surface area (Å²) in [5.41, 5.74) is 2.24. The number of benzene rings is 1. The largest absolute Gasteiger partial charge is 0.478 e. The second-order valence-corrected chi connectivity index (χ2v) is 5.29. The number of ether oxygens (including phenoxy) is 1. The highest BCUT2D eigenvalue weighted by Crippen LogP contribution is 2.28. The fourth-order valence-corrected chi connectivity index (χ4v) is 2.01. The number of rotatable bonds is 6. The summed E-state index contributed by atoms with van der Waals surface area (Å²) in [6.07, 6.45) is 2.36. The molecule has 0 saturated heterocycles. The predicted octanol–water partition coefficient (Wildman–Crippen LogP) is 2.37. The average Bonchev–Trinajstić information content (AvgIpc) is 3.16. The molecule has 0 radical (unpaired) electrons. The van der Waals surface area contributed by atoms with Crippen molar-refractivity contribution in [2.75, 3.05) is 18.5 Å². The number of hydrogen-bond acceptors (Lipinski definition) is 3. The number of carbonyl (C=O) groups is 2. The van der Waals surface area contributed by atoms with E-state index in [2.05, 4.69) is 5.32 Å². The van der Waals surface area contributed by atoms with E-state index in [1.54, 1.807) is 13.0 Å². The van der Waals surface area contributed by atoms with Gasteiger partial charge in [-0.1, -0.05) is 6.07 Å². The predicted molar refractivity (Wildman–Crippen MR) is 75.0 cm³/mol. The number of carboxylic acid groups (broad SMARTS) is 1. The molecule has 0 aliphatic heterocycles. The van der Waals surface area contributed by atoms with Gasteiger partial charge < -0.3 is 15.2 Å². The maximum Gasteiger partial charge on any atom is 0.336 e. The van der Waals surface area contributed by atoms with Crippen molar-refractivity contribution in [1.82, 2.24) is 0 Å². The SMILES string of the molecule is Cc1cc(C)c(C(=O)O)cc1NC(=O)COCC1CC1. The Labute approximate surface area is 117 Å². The van der Waals surface area contributed by atoms with E-state index in [-0.39, 0.29) is 18.1 Å². The first-order valence-electron chi connectivity index (χ1n) is 6.69. The molecular formula is C15H19NO4. The molecule has 1 amide bonds. The summed E-state index contributed by atoms with van der Waals surface area (Å²) in [5, 5.41) is 11.8. The summed E-state index contributed by atoms with van der Waals surface area (Å²) in [7, 11) is 0. The first-order chi connectivity index (χ1) is 9.47. The highest BCUT2D eigenvalue weighted by Gasteiger charge is 2.21. The van der Waals surface area contributed by atoms with Gasteiger partial charge in [0, 0.05) is 5.69 Å². The second-order valence-electron chi connectivity index (χ2n) is 5.29. The summed E-state index contributed by atoms with van der Waals surface area (Å²) < 4.78 is 5.30. The molecule has 1 aromatic rings. The lowest BCUT2D eigenvalue weighted by atomic mass is 10.0. The number of nitrogens with one attached hydrogen (secondary N) is 1. The molecule has 1 fully saturated rings. The smallest absolute Gasteiger partial charge is 0.336 e. The zero-order valence-corrected chi connectivity index (χ0v) is 11.7. The molecule has 1 aliphatic rings. The van der Waals surface area contributed by atoms with E-state index in [0.717, 1.165) is 5.56 Å². The molecule has 2 rings (SSSR count). The van der Waals surface area contributed by atoms with Gasteiger partial charge >= 0.3 is 5.97 Å². The molecule has 108 valence electrons. The van der Waals surface area contributed by atoms with Crippen LogP contribution in [0.25, 0.3) is 0 Å². The van der Waals surface area contributed by atoms with E-state index < -0.39 is 5.97 Å². The Morgan fingerprint density at radius 3 is 2.60 bits per heavy atom. The van der Waals surface area contributed by atoms with Gasteiger partial charge in [0.2, 0.25) is 5.91 Å². The molecule has 5 nitrogen and oxygen atoms in total. The summed E-state index contributed by atoms with van der Waals surface area (Å²) >= 11 is 0. The number of hydrogen-bond donors (Lipinski definition) is 2. The van der Waals surface area contributed by atoms with E-state index in [9.17, 15) is 9.59 Å². The summed E-state index contributed by atoms with van der Waals surface area (Å²) in [6.45, 7) is 4.20. The molecule has 0 spiro atoms. The topological polar surface area (TPSA) is 75.6 Å². The van der Waals surface area contributed by atoms with Gasteiger partial charge in [0.25, 0.3) is 0 Å². The quantitative estimate of drug-likeness (QED) is 0.837. The minimum atomic E-state index is -0.997. The lowest BCUT2D eigenvalue weighted by Crippen LogP contribution is -2.20. The van der Waals surface area contributed by atoms with Crippen LogP contribution in [-0.4, -0.2) is 30.2 Å². The van der Waals surface area contributed by atoms with Gasteiger partial charge in [-0.15, -0.1) is 0 Å². The maximum absolute atomic E-state index is 11.7. The molecule has 0 aromatic heterocycles. The van der Waals surface area contributed by atoms with Gasteiger partial charge in [-0.3, -0.25) is 4.79 Å². The van der Waals surface area contributed by atoms with Crippen LogP contribution in [0.15, 0.2) is 12.1 Å². The van der Waals surface area contributed by atoms with Crippen LogP contribution in [0.5, 0.6) is 0 Å². The van der Waals surface area contributed by atoms with E-state index in [1.807, 2.05) is 6.92 Å². The monoisotopic (exact) mass is 277 g/mol. The van der Waals surface area contributed by atoms with Crippen LogP contribution in [0, 0.1) is 19.8 Å². The van der Waals surface area contributed by atoms with E-state index in [1.165, 1.54) is 18.9 Å². The van der Waals surface area contributed by atoms with Crippen molar-refractivity contribution >= 4 is 17.6 Å². The van der Waals surface area contributed by atoms with Gasteiger partial charge in [-0.25, -0.2) is 4.79 Å². The van der Waals surface area contributed by atoms with Crippen molar-refractivity contribution in [2.45, 2.75) is 26.7 Å². The van der Waals surface area contributed by atoms with Crippen LogP contribution >= 0.6 is 0 Å². The number of anilines is 1. The standard InChI is InChI=1S/C15H19NO4/c1-9-5-10(2)13(6-12(9)15(18)19)16-14(17)8-20-7-11-3-4-11/h5-6,11H,3-4,7-8H2,1-2H3,(H,16,17)(H,18,19). The molecule has 0 heterocycles. The van der Waals surface area contributed by atoms with Crippen molar-refractivity contribution in [3.63, 3.8) is 0 Å². The van der Waals surface area contributed by atoms with Gasteiger partial charge in [-0.05, 0) is 49.8 Å². The molecule has 2 N–H and O–H groups in total. The fourth-order valence-electron chi connectivity index (χ4n) is 2.01. The van der Waals surface area contributed by atoms with Crippen molar-refractivity contribution in [3.05, 3.63) is 28.8 Å². The average molecular weight is 277 g/mol. The fraction of sp³-hybridized carbons (Fsp3) is 0.467. The molecule has 1 saturated carbocycles. The lowest BCUT2D eigenvalue weighted by molar-refractivity contribution is -0.120. The third-order valence-corrected chi connectivity index (χ3v) is 3.36. The first-order valence-corrected chi connectivity index (χ1v) is 6.69. The molecule has 0 bridgehead atoms. The van der Waals surface area contributed by atoms with Gasteiger partial charge in [0.1, 0.15) is 6.61 Å². The summed E-state index contributed by atoms with van der Waals surface area (Å²) in [4.78, 5) is 22.8. The van der Waals surface area contributed by atoms with Crippen LogP contribution in [0.3, 0.4) is 0 Å². The first kappa shape index (κ1) is 14.5. The molecule has 0 atom stereocenters. The summed E-state index contributed by atoms with van der Waals surface area (Å²) in [6, 6.07) is 3.25. The van der Waals surface area contributed by atoms with Crippen molar-refractivity contribution in [2.24, 2.45) is 5.92 Å². The van der Waals surface area contributed by atoms with Gasteiger partial charge in [0.05, 0.1) is 12.2 Å². The highest BCUT2D eigenvalue weighted by molar-refractivity contribution is 5.96. The second kappa shape index (κ2) is 6.05. The Balaban J connectivity index is 1.98. The van der Waals surface area contributed by atoms with Crippen molar-refractivity contribution < 1.29 is 19.4 Å².